The van der Waals surface area contributed by atoms with E-state index in [2.05, 4.69) is 20.8 Å². The maximum atomic E-state index is 13.7. The summed E-state index contributed by atoms with van der Waals surface area (Å²) in [6.45, 7) is 6.85. The van der Waals surface area contributed by atoms with Crippen molar-refractivity contribution < 1.29 is 32.4 Å². The second-order valence-electron chi connectivity index (χ2n) is 10.3. The van der Waals surface area contributed by atoms with Gasteiger partial charge in [-0.3, -0.25) is 4.79 Å². The van der Waals surface area contributed by atoms with E-state index in [9.17, 15) is 23.1 Å². The van der Waals surface area contributed by atoms with Crippen LogP contribution in [0.3, 0.4) is 0 Å². The third-order valence-corrected chi connectivity index (χ3v) is 8.70. The number of imidazole rings is 1. The third kappa shape index (κ3) is 6.36. The number of carbonyl (C=O) groups excluding carboxylic acids is 2. The largest absolute Gasteiger partial charge is 0.488 e. The van der Waals surface area contributed by atoms with E-state index in [0.717, 1.165) is 0 Å². The number of nitrogens with zero attached hydrogens (tertiary/aromatic N) is 5. The molecule has 3 amide bonds. The molecule has 4 rings (SSSR count). The number of urea groups is 1. The highest BCUT2D eigenvalue weighted by Crippen LogP contribution is 2.31. The molecule has 0 unspecified atom stereocenters. The monoisotopic (exact) mass is 589 g/mol. The highest BCUT2D eigenvalue weighted by Gasteiger charge is 2.35. The molecular formula is C26H35N7O7S. The van der Waals surface area contributed by atoms with Crippen LogP contribution in [-0.2, 0) is 17.1 Å². The molecule has 0 saturated carbocycles. The highest BCUT2D eigenvalue weighted by molar-refractivity contribution is 7.89. The van der Waals surface area contributed by atoms with Gasteiger partial charge in [-0.05, 0) is 39.0 Å². The predicted molar refractivity (Wildman–Crippen MR) is 149 cm³/mol. The van der Waals surface area contributed by atoms with Crippen molar-refractivity contribution in [2.45, 2.75) is 44.9 Å². The van der Waals surface area contributed by atoms with Crippen LogP contribution in [0.15, 0.2) is 40.3 Å². The van der Waals surface area contributed by atoms with Gasteiger partial charge >= 0.3 is 6.03 Å². The van der Waals surface area contributed by atoms with Crippen LogP contribution >= 0.6 is 0 Å². The van der Waals surface area contributed by atoms with Gasteiger partial charge in [-0.25, -0.2) is 18.2 Å². The van der Waals surface area contributed by atoms with Crippen LogP contribution in [0.5, 0.6) is 5.75 Å². The molecule has 222 valence electrons. The van der Waals surface area contributed by atoms with Crippen LogP contribution in [0.1, 0.15) is 35.7 Å². The Hall–Kier alpha value is -3.95. The number of carbonyl (C=O) groups is 2. The topological polar surface area (TPSA) is 172 Å². The highest BCUT2D eigenvalue weighted by atomic mass is 32.2. The first-order valence-electron chi connectivity index (χ1n) is 13.0. The van der Waals surface area contributed by atoms with Crippen LogP contribution in [0.25, 0.3) is 0 Å². The number of likely N-dealkylation sites (N-methyl/N-ethyl adjacent to an activating group) is 1. The van der Waals surface area contributed by atoms with Crippen LogP contribution in [0.2, 0.25) is 0 Å². The Labute approximate surface area is 238 Å². The molecule has 3 atom stereocenters. The maximum absolute atomic E-state index is 13.7. The molecule has 3 heterocycles. The summed E-state index contributed by atoms with van der Waals surface area (Å²) < 4.78 is 40.4. The lowest BCUT2D eigenvalue weighted by Crippen LogP contribution is -2.50. The number of anilines is 2. The lowest BCUT2D eigenvalue weighted by atomic mass is 9.99. The summed E-state index contributed by atoms with van der Waals surface area (Å²) in [7, 11) is -0.768. The summed E-state index contributed by atoms with van der Waals surface area (Å²) in [5.74, 6) is -0.0255. The minimum absolute atomic E-state index is 0.0190. The average Bonchev–Trinajstić information content (AvgIpc) is 3.51. The van der Waals surface area contributed by atoms with Gasteiger partial charge in [0, 0.05) is 38.4 Å². The molecule has 14 nitrogen and oxygen atoms in total. The second kappa shape index (κ2) is 11.9. The molecule has 0 bridgehead atoms. The lowest BCUT2D eigenvalue weighted by molar-refractivity contribution is 0.0387. The van der Waals surface area contributed by atoms with Gasteiger partial charge in [0.15, 0.2) is 10.8 Å². The van der Waals surface area contributed by atoms with Gasteiger partial charge in [-0.1, -0.05) is 12.1 Å². The Morgan fingerprint density at radius 1 is 1.29 bits per heavy atom. The molecule has 41 heavy (non-hydrogen) atoms. The minimum atomic E-state index is -3.90. The summed E-state index contributed by atoms with van der Waals surface area (Å²) in [4.78, 5) is 31.9. The molecule has 0 spiro atoms. The Balaban J connectivity index is 1.62. The molecule has 3 N–H and O–H groups in total. The number of aromatic nitrogens is 3. The van der Waals surface area contributed by atoms with Gasteiger partial charge in [0.1, 0.15) is 23.2 Å². The number of hydrogen-bond donors (Lipinski definition) is 3. The van der Waals surface area contributed by atoms with Crippen molar-refractivity contribution in [1.82, 2.24) is 23.9 Å². The standard InChI is InChI=1S/C26H35N7O7S/c1-15-10-33(16(2)13-34)25(35)20-9-19(28-26(36)29-24-17(3)30-40-18(24)4)7-8-21(20)39-22(15)11-32(6)41(37,38)23-12-31(5)14-27-23/h7-9,12,14-16,22,34H,10-11,13H2,1-6H3,(H2,28,29,36)/t15-,16-,22-/m1/s1. The van der Waals surface area contributed by atoms with E-state index in [1.165, 1.54) is 34.8 Å². The predicted octanol–water partition coefficient (Wildman–Crippen LogP) is 2.21. The molecular weight excluding hydrogens is 554 g/mol. The van der Waals surface area contributed by atoms with E-state index in [-0.39, 0.29) is 42.0 Å². The summed E-state index contributed by atoms with van der Waals surface area (Å²) in [6.07, 6.45) is 2.18. The van der Waals surface area contributed by atoms with Gasteiger partial charge in [-0.2, -0.15) is 4.31 Å². The first kappa shape index (κ1) is 30.0. The Morgan fingerprint density at radius 2 is 2.02 bits per heavy atom. The first-order valence-corrected chi connectivity index (χ1v) is 14.4. The van der Waals surface area contributed by atoms with Gasteiger partial charge in [0.25, 0.3) is 15.9 Å². The Morgan fingerprint density at radius 3 is 2.63 bits per heavy atom. The van der Waals surface area contributed by atoms with E-state index in [0.29, 0.717) is 22.8 Å². The van der Waals surface area contributed by atoms with E-state index >= 15 is 0 Å². The summed E-state index contributed by atoms with van der Waals surface area (Å²) in [5.41, 5.74) is 1.44. The normalized spacial score (nSPS) is 18.3. The molecule has 0 radical (unpaired) electrons. The van der Waals surface area contributed by atoms with E-state index in [1.807, 2.05) is 6.92 Å². The molecule has 2 aromatic heterocycles. The quantitative estimate of drug-likeness (QED) is 0.356. The smallest absolute Gasteiger partial charge is 0.323 e. The number of aliphatic hydroxyl groups excluding tert-OH is 1. The van der Waals surface area contributed by atoms with Crippen molar-refractivity contribution >= 4 is 33.3 Å². The number of sulfonamides is 1. The van der Waals surface area contributed by atoms with Crippen LogP contribution in [0.4, 0.5) is 16.2 Å². The van der Waals surface area contributed by atoms with Crippen molar-refractivity contribution in [3.63, 3.8) is 0 Å². The number of amides is 3. The number of fused-ring (bicyclic) bond motifs is 1. The molecule has 0 fully saturated rings. The SMILES string of the molecule is Cc1noc(C)c1NC(=O)Nc1ccc2c(c1)C(=O)N([C@H](C)CO)C[C@@H](C)[C@@H](CN(C)S(=O)(=O)c1cn(C)cn1)O2. The molecule has 3 aromatic rings. The molecule has 15 heteroatoms. The van der Waals surface area contributed by atoms with E-state index in [1.54, 1.807) is 44.5 Å². The number of aliphatic hydroxyl groups is 1. The fourth-order valence-electron chi connectivity index (χ4n) is 4.49. The first-order chi connectivity index (χ1) is 19.3. The number of aryl methyl sites for hydroxylation is 3. The van der Waals surface area contributed by atoms with Gasteiger partial charge in [-0.15, -0.1) is 0 Å². The Bertz CT molecular complexity index is 1510. The fourth-order valence-corrected chi connectivity index (χ4v) is 5.63. The summed E-state index contributed by atoms with van der Waals surface area (Å²) in [5, 5.41) is 19.0. The van der Waals surface area contributed by atoms with Crippen molar-refractivity contribution in [2.75, 3.05) is 37.4 Å². The molecule has 0 saturated heterocycles. The number of hydrogen-bond acceptors (Lipinski definition) is 9. The number of nitrogens with one attached hydrogen (secondary N) is 2. The lowest BCUT2D eigenvalue weighted by Gasteiger charge is -2.38. The van der Waals surface area contributed by atoms with Crippen molar-refractivity contribution in [3.8, 4) is 5.75 Å². The number of benzene rings is 1. The van der Waals surface area contributed by atoms with E-state index < -0.39 is 34.1 Å². The Kier molecular flexibility index (Phi) is 8.70. The average molecular weight is 590 g/mol. The summed E-state index contributed by atoms with van der Waals surface area (Å²) >= 11 is 0. The van der Waals surface area contributed by atoms with Gasteiger partial charge < -0.3 is 34.5 Å². The molecule has 0 aliphatic carbocycles. The van der Waals surface area contributed by atoms with Gasteiger partial charge in [0.2, 0.25) is 0 Å². The zero-order valence-electron chi connectivity index (χ0n) is 23.8. The minimum Gasteiger partial charge on any atom is -0.488 e. The fraction of sp³-hybridized carbons (Fsp3) is 0.462. The number of rotatable bonds is 8. The van der Waals surface area contributed by atoms with Crippen molar-refractivity contribution in [2.24, 2.45) is 13.0 Å². The molecule has 1 aliphatic rings. The third-order valence-electron chi connectivity index (χ3n) is 6.99. The zero-order chi connectivity index (χ0) is 30.1. The molecule has 1 aliphatic heterocycles. The second-order valence-corrected chi connectivity index (χ2v) is 12.3. The van der Waals surface area contributed by atoms with Crippen molar-refractivity contribution in [3.05, 3.63) is 47.7 Å². The molecule has 1 aromatic carbocycles. The maximum Gasteiger partial charge on any atom is 0.323 e. The van der Waals surface area contributed by atoms with E-state index in [4.69, 9.17) is 9.26 Å². The van der Waals surface area contributed by atoms with Gasteiger partial charge in [0.05, 0.1) is 31.1 Å². The van der Waals surface area contributed by atoms with Crippen molar-refractivity contribution in [1.29, 1.82) is 0 Å². The van der Waals surface area contributed by atoms with Crippen LogP contribution in [0, 0.1) is 19.8 Å². The number of ether oxygens (including phenoxy) is 1. The van der Waals surface area contributed by atoms with Crippen LogP contribution < -0.4 is 15.4 Å². The van der Waals surface area contributed by atoms with Crippen LogP contribution in [-0.4, -0.2) is 88.3 Å². The summed E-state index contributed by atoms with van der Waals surface area (Å²) in [6, 6.07) is 3.54. The zero-order valence-corrected chi connectivity index (χ0v) is 24.6.